The second-order valence-corrected chi connectivity index (χ2v) is 8.86. The average Bonchev–Trinajstić information content (AvgIpc) is 2.92. The van der Waals surface area contributed by atoms with Crippen molar-refractivity contribution in [2.75, 3.05) is 11.5 Å². The normalized spacial score (nSPS) is 14.6. The Balaban J connectivity index is 1.43. The topological polar surface area (TPSA) is 84.9 Å². The van der Waals surface area contributed by atoms with E-state index in [-0.39, 0.29) is 5.57 Å². The van der Waals surface area contributed by atoms with E-state index in [1.807, 2.05) is 74.5 Å². The molecule has 0 bridgehead atoms. The highest BCUT2D eigenvalue weighted by atomic mass is 16.5. The molecule has 0 aromatic heterocycles. The van der Waals surface area contributed by atoms with E-state index >= 15 is 0 Å². The third kappa shape index (κ3) is 4.99. The van der Waals surface area contributed by atoms with Crippen LogP contribution in [-0.4, -0.2) is 24.5 Å². The summed E-state index contributed by atoms with van der Waals surface area (Å²) in [5.74, 6) is -0.354. The molecule has 1 aliphatic rings. The lowest BCUT2D eigenvalue weighted by atomic mass is 9.99. The van der Waals surface area contributed by atoms with E-state index in [0.29, 0.717) is 36.0 Å². The van der Waals surface area contributed by atoms with Crippen molar-refractivity contribution >= 4 is 40.4 Å². The number of anilines is 1. The van der Waals surface area contributed by atoms with E-state index in [2.05, 4.69) is 5.32 Å². The molecule has 38 heavy (non-hydrogen) atoms. The summed E-state index contributed by atoms with van der Waals surface area (Å²) in [6.07, 6.45) is 1.49. The summed E-state index contributed by atoms with van der Waals surface area (Å²) in [4.78, 5) is 39.9. The summed E-state index contributed by atoms with van der Waals surface area (Å²) in [6.45, 7) is 4.68. The minimum absolute atomic E-state index is 0.165. The third-order valence-electron chi connectivity index (χ3n) is 6.24. The number of aryl methyl sites for hydroxylation is 1. The predicted octanol–water partition coefficient (Wildman–Crippen LogP) is 5.79. The fourth-order valence-electron chi connectivity index (χ4n) is 4.28. The van der Waals surface area contributed by atoms with Crippen molar-refractivity contribution in [1.29, 1.82) is 0 Å². The maximum Gasteiger partial charge on any atom is 0.335 e. The molecule has 0 radical (unpaired) electrons. The number of hydrogen-bond donors (Lipinski definition) is 1. The number of ether oxygens (including phenoxy) is 2. The molecule has 1 fully saturated rings. The van der Waals surface area contributed by atoms with Crippen molar-refractivity contribution in [2.45, 2.75) is 20.5 Å². The van der Waals surface area contributed by atoms with Crippen molar-refractivity contribution in [3.63, 3.8) is 0 Å². The molecule has 1 heterocycles. The van der Waals surface area contributed by atoms with Gasteiger partial charge < -0.3 is 9.47 Å². The molecule has 0 aliphatic carbocycles. The number of barbiturate groups is 1. The Kier molecular flexibility index (Phi) is 6.91. The van der Waals surface area contributed by atoms with Gasteiger partial charge in [-0.1, -0.05) is 60.2 Å². The van der Waals surface area contributed by atoms with Gasteiger partial charge in [0.15, 0.2) is 0 Å². The molecular formula is C31H26N2O5. The first-order valence-electron chi connectivity index (χ1n) is 12.3. The molecule has 5 rings (SSSR count). The lowest BCUT2D eigenvalue weighted by Crippen LogP contribution is -2.54. The van der Waals surface area contributed by atoms with Gasteiger partial charge in [-0.05, 0) is 66.6 Å². The minimum atomic E-state index is -0.812. The number of carbonyl (C=O) groups is 3. The van der Waals surface area contributed by atoms with Crippen molar-refractivity contribution in [1.82, 2.24) is 5.32 Å². The lowest BCUT2D eigenvalue weighted by Gasteiger charge is -2.26. The van der Waals surface area contributed by atoms with Crippen LogP contribution in [-0.2, 0) is 16.2 Å². The number of benzene rings is 4. The molecule has 0 spiro atoms. The van der Waals surface area contributed by atoms with Crippen molar-refractivity contribution in [3.8, 4) is 11.5 Å². The Morgan fingerprint density at radius 1 is 0.842 bits per heavy atom. The summed E-state index contributed by atoms with van der Waals surface area (Å²) in [7, 11) is 0. The van der Waals surface area contributed by atoms with Crippen LogP contribution in [0.15, 0.2) is 90.5 Å². The highest BCUT2D eigenvalue weighted by Gasteiger charge is 2.37. The summed E-state index contributed by atoms with van der Waals surface area (Å²) in [6, 6.07) is 25.2. The molecule has 0 saturated carbocycles. The highest BCUT2D eigenvalue weighted by Crippen LogP contribution is 2.32. The molecule has 4 aromatic rings. The van der Waals surface area contributed by atoms with Gasteiger partial charge in [0.25, 0.3) is 11.8 Å². The number of urea groups is 1. The van der Waals surface area contributed by atoms with Gasteiger partial charge in [-0.25, -0.2) is 9.69 Å². The zero-order valence-corrected chi connectivity index (χ0v) is 21.1. The number of imide groups is 2. The van der Waals surface area contributed by atoms with E-state index in [4.69, 9.17) is 9.47 Å². The quantitative estimate of drug-likeness (QED) is 0.253. The SMILES string of the molecule is CCOc1ccc2ccccc2c1/C=C1\C(=O)NC(=O)N(c2ccc(OCc3ccc(C)cc3)cc2)C1=O. The van der Waals surface area contributed by atoms with Gasteiger partial charge in [-0.2, -0.15) is 0 Å². The van der Waals surface area contributed by atoms with Crippen LogP contribution in [0, 0.1) is 6.92 Å². The molecule has 4 amide bonds. The van der Waals surface area contributed by atoms with Gasteiger partial charge in [0.2, 0.25) is 0 Å². The van der Waals surface area contributed by atoms with Crippen LogP contribution in [0.4, 0.5) is 10.5 Å². The zero-order valence-electron chi connectivity index (χ0n) is 21.1. The van der Waals surface area contributed by atoms with Gasteiger partial charge in [-0.3, -0.25) is 14.9 Å². The first-order valence-corrected chi connectivity index (χ1v) is 12.3. The number of carbonyl (C=O) groups excluding carboxylic acids is 3. The van der Waals surface area contributed by atoms with Crippen LogP contribution < -0.4 is 19.7 Å². The van der Waals surface area contributed by atoms with Gasteiger partial charge in [0, 0.05) is 5.56 Å². The van der Waals surface area contributed by atoms with E-state index in [9.17, 15) is 14.4 Å². The monoisotopic (exact) mass is 506 g/mol. The van der Waals surface area contributed by atoms with E-state index in [0.717, 1.165) is 21.2 Å². The second kappa shape index (κ2) is 10.6. The fraction of sp³-hybridized carbons (Fsp3) is 0.129. The summed E-state index contributed by atoms with van der Waals surface area (Å²) < 4.78 is 11.6. The van der Waals surface area contributed by atoms with Crippen LogP contribution in [0.1, 0.15) is 23.6 Å². The third-order valence-corrected chi connectivity index (χ3v) is 6.24. The fourth-order valence-corrected chi connectivity index (χ4v) is 4.28. The van der Waals surface area contributed by atoms with E-state index in [1.54, 1.807) is 24.3 Å². The van der Waals surface area contributed by atoms with Crippen LogP contribution in [0.2, 0.25) is 0 Å². The van der Waals surface area contributed by atoms with Crippen LogP contribution in [0.3, 0.4) is 0 Å². The Labute approximate surface area is 220 Å². The Morgan fingerprint density at radius 2 is 1.58 bits per heavy atom. The lowest BCUT2D eigenvalue weighted by molar-refractivity contribution is -0.122. The molecule has 7 nitrogen and oxygen atoms in total. The molecular weight excluding hydrogens is 480 g/mol. The summed E-state index contributed by atoms with van der Waals surface area (Å²) in [5.41, 5.74) is 2.94. The van der Waals surface area contributed by atoms with Crippen molar-refractivity contribution in [3.05, 3.63) is 107 Å². The molecule has 0 unspecified atom stereocenters. The van der Waals surface area contributed by atoms with Crippen molar-refractivity contribution < 1.29 is 23.9 Å². The molecule has 0 atom stereocenters. The van der Waals surface area contributed by atoms with E-state index in [1.165, 1.54) is 11.6 Å². The molecule has 4 aromatic carbocycles. The summed E-state index contributed by atoms with van der Waals surface area (Å²) in [5, 5.41) is 4.04. The molecule has 7 heteroatoms. The number of fused-ring (bicyclic) bond motifs is 1. The molecule has 1 N–H and O–H groups in total. The number of nitrogens with one attached hydrogen (secondary N) is 1. The zero-order chi connectivity index (χ0) is 26.6. The minimum Gasteiger partial charge on any atom is -0.493 e. The largest absolute Gasteiger partial charge is 0.493 e. The number of amides is 4. The van der Waals surface area contributed by atoms with Gasteiger partial charge in [0.05, 0.1) is 12.3 Å². The maximum absolute atomic E-state index is 13.5. The van der Waals surface area contributed by atoms with E-state index < -0.39 is 17.8 Å². The smallest absolute Gasteiger partial charge is 0.335 e. The standard InChI is InChI=1S/C31H26N2O5/c1-3-37-28-17-12-22-6-4-5-7-25(22)26(28)18-27-29(34)32-31(36)33(30(27)35)23-13-15-24(16-14-23)38-19-21-10-8-20(2)9-11-21/h4-18H,3,19H2,1-2H3,(H,32,34,36)/b27-18+. The van der Waals surface area contributed by atoms with Gasteiger partial charge in [0.1, 0.15) is 23.7 Å². The van der Waals surface area contributed by atoms with Gasteiger partial charge >= 0.3 is 6.03 Å². The highest BCUT2D eigenvalue weighted by molar-refractivity contribution is 6.39. The number of rotatable bonds is 7. The maximum atomic E-state index is 13.5. The van der Waals surface area contributed by atoms with Crippen LogP contribution in [0.25, 0.3) is 16.8 Å². The molecule has 1 aliphatic heterocycles. The summed E-state index contributed by atoms with van der Waals surface area (Å²) >= 11 is 0. The Bertz CT molecular complexity index is 1560. The number of hydrogen-bond acceptors (Lipinski definition) is 5. The second-order valence-electron chi connectivity index (χ2n) is 8.86. The van der Waals surface area contributed by atoms with Crippen molar-refractivity contribution in [2.24, 2.45) is 0 Å². The Morgan fingerprint density at radius 3 is 2.32 bits per heavy atom. The molecule has 190 valence electrons. The predicted molar refractivity (Wildman–Crippen MR) is 146 cm³/mol. The number of nitrogens with zero attached hydrogens (tertiary/aromatic N) is 1. The first-order chi connectivity index (χ1) is 18.4. The first kappa shape index (κ1) is 24.8. The molecule has 1 saturated heterocycles. The van der Waals surface area contributed by atoms with Crippen LogP contribution in [0.5, 0.6) is 11.5 Å². The van der Waals surface area contributed by atoms with Gasteiger partial charge in [-0.15, -0.1) is 0 Å². The average molecular weight is 507 g/mol. The Hall–Kier alpha value is -4.91. The van der Waals surface area contributed by atoms with Crippen LogP contribution >= 0.6 is 0 Å².